The minimum absolute atomic E-state index is 0.0502. The summed E-state index contributed by atoms with van der Waals surface area (Å²) < 4.78 is 7.37. The van der Waals surface area contributed by atoms with Crippen LogP contribution >= 0.6 is 0 Å². The lowest BCUT2D eigenvalue weighted by atomic mass is 9.69. The highest BCUT2D eigenvalue weighted by atomic mass is 16.5. The molecule has 2 heterocycles. The van der Waals surface area contributed by atoms with Gasteiger partial charge >= 0.3 is 0 Å². The Hall–Kier alpha value is -2.92. The zero-order valence-electron chi connectivity index (χ0n) is 17.5. The van der Waals surface area contributed by atoms with Gasteiger partial charge in [0, 0.05) is 12.6 Å². The predicted octanol–water partition coefficient (Wildman–Crippen LogP) is 4.76. The molecule has 2 aliphatic rings. The number of rotatable bonds is 5. The summed E-state index contributed by atoms with van der Waals surface area (Å²) in [7, 11) is 1.66. The number of imidazole rings is 1. The van der Waals surface area contributed by atoms with Crippen molar-refractivity contribution in [1.29, 1.82) is 0 Å². The summed E-state index contributed by atoms with van der Waals surface area (Å²) in [6.45, 7) is 2.35. The molecular weight excluding hydrogens is 374 g/mol. The lowest BCUT2D eigenvalue weighted by Crippen LogP contribution is -2.30. The first-order chi connectivity index (χ1) is 14.6. The minimum Gasteiger partial charge on any atom is -0.497 e. The van der Waals surface area contributed by atoms with Crippen LogP contribution in [0.25, 0.3) is 11.8 Å². The van der Waals surface area contributed by atoms with Crippen LogP contribution in [0, 0.1) is 11.3 Å². The molecule has 0 saturated heterocycles. The number of methoxy groups -OCH3 is 1. The van der Waals surface area contributed by atoms with Gasteiger partial charge in [0.25, 0.3) is 0 Å². The Kier molecular flexibility index (Phi) is 4.70. The van der Waals surface area contributed by atoms with Crippen molar-refractivity contribution in [2.24, 2.45) is 11.3 Å². The van der Waals surface area contributed by atoms with Crippen molar-refractivity contribution >= 4 is 6.08 Å². The molecule has 5 heteroatoms. The number of ether oxygens (including phenoxy) is 1. The second kappa shape index (κ2) is 7.40. The molecule has 3 atom stereocenters. The summed E-state index contributed by atoms with van der Waals surface area (Å²) >= 11 is 0. The standard InChI is InChI=1S/C25H27N3O2/c1-25-14-22-23(28(16-27-22)20-4-3-11-26-15-20)12-18(25)7-8-19(25)13-24(29)17-5-9-21(30-2)10-6-17/h3-6,9-12,15-16,19,24,29H,7-8,13-14H2,1-2H3/t19-,24?,25+/m1/s1. The molecule has 0 aliphatic heterocycles. The summed E-state index contributed by atoms with van der Waals surface area (Å²) in [5, 5.41) is 10.9. The normalized spacial score (nSPS) is 23.4. The Morgan fingerprint density at radius 1 is 1.27 bits per heavy atom. The van der Waals surface area contributed by atoms with Crippen LogP contribution in [-0.4, -0.2) is 26.8 Å². The van der Waals surface area contributed by atoms with E-state index in [2.05, 4.69) is 28.6 Å². The number of aromatic nitrogens is 3. The highest BCUT2D eigenvalue weighted by Crippen LogP contribution is 2.55. The van der Waals surface area contributed by atoms with Crippen LogP contribution in [-0.2, 0) is 6.42 Å². The minimum atomic E-state index is -0.466. The number of allylic oxidation sites excluding steroid dienone is 1. The zero-order chi connectivity index (χ0) is 20.7. The average molecular weight is 402 g/mol. The monoisotopic (exact) mass is 401 g/mol. The van der Waals surface area contributed by atoms with Crippen molar-refractivity contribution in [2.45, 2.75) is 38.7 Å². The maximum absolute atomic E-state index is 10.9. The molecule has 2 aromatic heterocycles. The molecule has 5 nitrogen and oxygen atoms in total. The quantitative estimate of drug-likeness (QED) is 0.670. The second-order valence-corrected chi connectivity index (χ2v) is 8.68. The number of benzene rings is 1. The maximum atomic E-state index is 10.9. The Morgan fingerprint density at radius 3 is 2.83 bits per heavy atom. The zero-order valence-corrected chi connectivity index (χ0v) is 17.5. The van der Waals surface area contributed by atoms with Gasteiger partial charge in [-0.15, -0.1) is 0 Å². The van der Waals surface area contributed by atoms with Crippen molar-refractivity contribution < 1.29 is 9.84 Å². The Balaban J connectivity index is 1.39. The van der Waals surface area contributed by atoms with E-state index in [1.165, 1.54) is 11.3 Å². The van der Waals surface area contributed by atoms with Gasteiger partial charge in [-0.2, -0.15) is 0 Å². The number of nitrogens with zero attached hydrogens (tertiary/aromatic N) is 3. The third-order valence-electron chi connectivity index (χ3n) is 7.06. The molecule has 1 unspecified atom stereocenters. The summed E-state index contributed by atoms with van der Waals surface area (Å²) in [4.78, 5) is 8.99. The third kappa shape index (κ3) is 3.14. The fourth-order valence-corrected chi connectivity index (χ4v) is 5.20. The lowest BCUT2D eigenvalue weighted by molar-refractivity contribution is 0.112. The summed E-state index contributed by atoms with van der Waals surface area (Å²) in [5.41, 5.74) is 5.83. The Morgan fingerprint density at radius 2 is 2.10 bits per heavy atom. The van der Waals surface area contributed by atoms with Gasteiger partial charge in [0.2, 0.25) is 0 Å². The molecular formula is C25H27N3O2. The van der Waals surface area contributed by atoms with Crippen LogP contribution < -0.4 is 4.74 Å². The van der Waals surface area contributed by atoms with Crippen molar-refractivity contribution in [3.63, 3.8) is 0 Å². The topological polar surface area (TPSA) is 60.2 Å². The van der Waals surface area contributed by atoms with Gasteiger partial charge in [-0.25, -0.2) is 4.98 Å². The molecule has 0 spiro atoms. The molecule has 3 aromatic rings. The number of fused-ring (bicyclic) bond motifs is 2. The van der Waals surface area contributed by atoms with Gasteiger partial charge < -0.3 is 9.84 Å². The van der Waals surface area contributed by atoms with E-state index in [0.717, 1.165) is 48.4 Å². The van der Waals surface area contributed by atoms with E-state index in [0.29, 0.717) is 5.92 Å². The number of hydrogen-bond acceptors (Lipinski definition) is 4. The van der Waals surface area contributed by atoms with Gasteiger partial charge in [0.15, 0.2) is 0 Å². The van der Waals surface area contributed by atoms with Crippen LogP contribution in [0.15, 0.2) is 60.7 Å². The van der Waals surface area contributed by atoms with Crippen LogP contribution in [0.3, 0.4) is 0 Å². The molecule has 2 aliphatic carbocycles. The highest BCUT2D eigenvalue weighted by Gasteiger charge is 2.46. The van der Waals surface area contributed by atoms with E-state index in [1.54, 1.807) is 13.3 Å². The highest BCUT2D eigenvalue weighted by molar-refractivity contribution is 5.61. The summed E-state index contributed by atoms with van der Waals surface area (Å²) in [5.74, 6) is 1.24. The number of hydrogen-bond donors (Lipinski definition) is 1. The Labute approximate surface area is 177 Å². The number of pyridine rings is 1. The first-order valence-corrected chi connectivity index (χ1v) is 10.6. The van der Waals surface area contributed by atoms with Gasteiger partial charge in [-0.05, 0) is 66.5 Å². The summed E-state index contributed by atoms with van der Waals surface area (Å²) in [6.07, 6.45) is 11.3. The van der Waals surface area contributed by atoms with E-state index in [4.69, 9.17) is 9.72 Å². The molecule has 30 heavy (non-hydrogen) atoms. The maximum Gasteiger partial charge on any atom is 0.118 e. The van der Waals surface area contributed by atoms with Crippen molar-refractivity contribution in [1.82, 2.24) is 14.5 Å². The largest absolute Gasteiger partial charge is 0.497 e. The fraction of sp³-hybridized carbons (Fsp3) is 0.360. The number of aliphatic hydroxyl groups excluding tert-OH is 1. The summed E-state index contributed by atoms with van der Waals surface area (Å²) in [6, 6.07) is 11.8. The molecule has 1 N–H and O–H groups in total. The third-order valence-corrected chi connectivity index (χ3v) is 7.06. The molecule has 1 saturated carbocycles. The average Bonchev–Trinajstić information content (AvgIpc) is 3.32. The van der Waals surface area contributed by atoms with Crippen molar-refractivity contribution in [3.05, 3.63) is 77.6 Å². The van der Waals surface area contributed by atoms with Crippen molar-refractivity contribution in [3.8, 4) is 11.4 Å². The number of aliphatic hydroxyl groups is 1. The fourth-order valence-electron chi connectivity index (χ4n) is 5.20. The van der Waals surface area contributed by atoms with E-state index in [-0.39, 0.29) is 5.41 Å². The molecule has 1 aromatic carbocycles. The smallest absolute Gasteiger partial charge is 0.118 e. The molecule has 0 radical (unpaired) electrons. The van der Waals surface area contributed by atoms with Crippen LogP contribution in [0.2, 0.25) is 0 Å². The molecule has 154 valence electrons. The molecule has 5 rings (SSSR count). The van der Waals surface area contributed by atoms with Gasteiger partial charge in [0.1, 0.15) is 12.1 Å². The van der Waals surface area contributed by atoms with Crippen molar-refractivity contribution in [2.75, 3.05) is 7.11 Å². The van der Waals surface area contributed by atoms with E-state index in [1.807, 2.05) is 42.9 Å². The molecule has 1 fully saturated rings. The van der Waals surface area contributed by atoms with E-state index < -0.39 is 6.10 Å². The first kappa shape index (κ1) is 19.1. The van der Waals surface area contributed by atoms with E-state index in [9.17, 15) is 5.11 Å². The van der Waals surface area contributed by atoms with E-state index >= 15 is 0 Å². The first-order valence-electron chi connectivity index (χ1n) is 10.6. The second-order valence-electron chi connectivity index (χ2n) is 8.68. The van der Waals surface area contributed by atoms with Gasteiger partial charge in [0.05, 0.1) is 36.5 Å². The van der Waals surface area contributed by atoms with Crippen LogP contribution in [0.5, 0.6) is 5.75 Å². The van der Waals surface area contributed by atoms with Crippen LogP contribution in [0.1, 0.15) is 49.2 Å². The SMILES string of the molecule is COc1ccc(C(O)C[C@H]2CCC3=Cc4c(ncn4-c4cccnc4)C[C@@]32C)cc1. The molecule has 0 bridgehead atoms. The predicted molar refractivity (Wildman–Crippen MR) is 116 cm³/mol. The van der Waals surface area contributed by atoms with Gasteiger partial charge in [-0.1, -0.05) is 24.6 Å². The van der Waals surface area contributed by atoms with Gasteiger partial charge in [-0.3, -0.25) is 9.55 Å². The Bertz CT molecular complexity index is 1070. The van der Waals surface area contributed by atoms with Crippen LogP contribution in [0.4, 0.5) is 0 Å². The lowest BCUT2D eigenvalue weighted by Gasteiger charge is -2.36. The molecule has 0 amide bonds.